The Morgan fingerprint density at radius 2 is 2.20 bits per heavy atom. The van der Waals surface area contributed by atoms with Crippen LogP contribution in [0.25, 0.3) is 0 Å². The number of nitrogens with one attached hydrogen (secondary N) is 1. The third-order valence-electron chi connectivity index (χ3n) is 1.34. The zero-order valence-electron chi connectivity index (χ0n) is 7.22. The maximum Gasteiger partial charge on any atom is 0.0139 e. The molecule has 3 heteroatoms. The molecule has 0 radical (unpaired) electrons. The summed E-state index contributed by atoms with van der Waals surface area (Å²) in [5.41, 5.74) is 5.60. The number of rotatable bonds is 5. The van der Waals surface area contributed by atoms with Gasteiger partial charge in [0.2, 0.25) is 0 Å². The molecule has 0 amide bonds. The maximum absolute atomic E-state index is 5.60. The molecule has 62 valence electrons. The highest BCUT2D eigenvalue weighted by Crippen LogP contribution is 1.82. The van der Waals surface area contributed by atoms with Crippen molar-refractivity contribution in [2.75, 3.05) is 33.7 Å². The lowest BCUT2D eigenvalue weighted by Crippen LogP contribution is -2.36. The average Bonchev–Trinajstić information content (AvgIpc) is 1.82. The molecule has 0 aromatic heterocycles. The van der Waals surface area contributed by atoms with E-state index in [4.69, 9.17) is 5.73 Å². The third kappa shape index (κ3) is 6.01. The van der Waals surface area contributed by atoms with E-state index in [9.17, 15) is 0 Å². The second kappa shape index (κ2) is 5.65. The van der Waals surface area contributed by atoms with Crippen LogP contribution in [-0.2, 0) is 0 Å². The van der Waals surface area contributed by atoms with Crippen molar-refractivity contribution in [1.82, 2.24) is 10.2 Å². The molecule has 0 bridgehead atoms. The summed E-state index contributed by atoms with van der Waals surface area (Å²) in [7, 11) is 4.04. The van der Waals surface area contributed by atoms with Gasteiger partial charge < -0.3 is 16.0 Å². The number of hydrogen-bond acceptors (Lipinski definition) is 3. The van der Waals surface area contributed by atoms with Gasteiger partial charge in [0, 0.05) is 25.7 Å². The molecule has 0 aromatic rings. The van der Waals surface area contributed by atoms with Gasteiger partial charge in [-0.15, -0.1) is 0 Å². The van der Waals surface area contributed by atoms with E-state index in [1.165, 1.54) is 0 Å². The molecule has 0 fully saturated rings. The first kappa shape index (κ1) is 9.88. The summed E-state index contributed by atoms with van der Waals surface area (Å²) in [5, 5.41) is 3.09. The number of nitrogens with two attached hydrogens (primary N) is 1. The van der Waals surface area contributed by atoms with Gasteiger partial charge in [-0.05, 0) is 21.0 Å². The van der Waals surface area contributed by atoms with Gasteiger partial charge in [-0.1, -0.05) is 0 Å². The fraction of sp³-hybridized carbons (Fsp3) is 1.00. The first-order chi connectivity index (χ1) is 4.66. The van der Waals surface area contributed by atoms with Crippen molar-refractivity contribution in [3.05, 3.63) is 0 Å². The monoisotopic (exact) mass is 145 g/mol. The van der Waals surface area contributed by atoms with Crippen molar-refractivity contribution in [2.45, 2.75) is 13.0 Å². The van der Waals surface area contributed by atoms with Gasteiger partial charge >= 0.3 is 0 Å². The molecule has 0 spiro atoms. The van der Waals surface area contributed by atoms with E-state index < -0.39 is 0 Å². The lowest BCUT2D eigenvalue weighted by atomic mass is 10.3. The van der Waals surface area contributed by atoms with Crippen LogP contribution in [-0.4, -0.2) is 44.7 Å². The Labute approximate surface area is 63.6 Å². The first-order valence-electron chi connectivity index (χ1n) is 3.75. The van der Waals surface area contributed by atoms with Crippen LogP contribution in [0, 0.1) is 0 Å². The van der Waals surface area contributed by atoms with Crippen LogP contribution in [0.4, 0.5) is 0 Å². The lowest BCUT2D eigenvalue weighted by Gasteiger charge is -2.17. The number of likely N-dealkylation sites (N-methyl/N-ethyl adjacent to an activating group) is 2. The van der Waals surface area contributed by atoms with Crippen LogP contribution in [0.15, 0.2) is 0 Å². The minimum atomic E-state index is 0.279. The molecule has 3 N–H and O–H groups in total. The largest absolute Gasteiger partial charge is 0.327 e. The van der Waals surface area contributed by atoms with Gasteiger partial charge in [0.15, 0.2) is 0 Å². The van der Waals surface area contributed by atoms with Gasteiger partial charge in [-0.25, -0.2) is 0 Å². The number of nitrogens with zero attached hydrogens (tertiary/aromatic N) is 1. The minimum Gasteiger partial charge on any atom is -0.327 e. The van der Waals surface area contributed by atoms with Crippen molar-refractivity contribution in [3.8, 4) is 0 Å². The Bertz CT molecular complexity index is 73.3. The van der Waals surface area contributed by atoms with Gasteiger partial charge in [0.25, 0.3) is 0 Å². The smallest absolute Gasteiger partial charge is 0.0139 e. The molecule has 0 aliphatic heterocycles. The highest BCUT2D eigenvalue weighted by Gasteiger charge is 1.99. The van der Waals surface area contributed by atoms with Gasteiger partial charge in [0.05, 0.1) is 0 Å². The van der Waals surface area contributed by atoms with Gasteiger partial charge in [-0.3, -0.25) is 0 Å². The Morgan fingerprint density at radius 1 is 1.60 bits per heavy atom. The second-order valence-corrected chi connectivity index (χ2v) is 2.84. The highest BCUT2D eigenvalue weighted by molar-refractivity contribution is 4.60. The molecule has 0 rings (SSSR count). The second-order valence-electron chi connectivity index (χ2n) is 2.84. The minimum absolute atomic E-state index is 0.279. The summed E-state index contributed by atoms with van der Waals surface area (Å²) in [4.78, 5) is 2.22. The molecular weight excluding hydrogens is 126 g/mol. The fourth-order valence-electron chi connectivity index (χ4n) is 0.886. The lowest BCUT2D eigenvalue weighted by molar-refractivity contribution is 0.318. The van der Waals surface area contributed by atoms with Crippen molar-refractivity contribution in [2.24, 2.45) is 5.73 Å². The zero-order chi connectivity index (χ0) is 7.98. The molecule has 0 aliphatic rings. The summed E-state index contributed by atoms with van der Waals surface area (Å²) < 4.78 is 0. The quantitative estimate of drug-likeness (QED) is 0.547. The molecule has 10 heavy (non-hydrogen) atoms. The van der Waals surface area contributed by atoms with Crippen molar-refractivity contribution < 1.29 is 0 Å². The van der Waals surface area contributed by atoms with Gasteiger partial charge in [0.1, 0.15) is 0 Å². The normalized spacial score (nSPS) is 14.1. The first-order valence-corrected chi connectivity index (χ1v) is 3.75. The van der Waals surface area contributed by atoms with E-state index in [0.29, 0.717) is 0 Å². The fourth-order valence-corrected chi connectivity index (χ4v) is 0.886. The summed E-state index contributed by atoms with van der Waals surface area (Å²) >= 11 is 0. The van der Waals surface area contributed by atoms with Crippen molar-refractivity contribution in [1.29, 1.82) is 0 Å². The highest BCUT2D eigenvalue weighted by atomic mass is 15.1. The van der Waals surface area contributed by atoms with Crippen LogP contribution in [0.5, 0.6) is 0 Å². The third-order valence-corrected chi connectivity index (χ3v) is 1.34. The standard InChI is InChI=1S/C7H19N3/c1-7(8)6-10(3)5-4-9-2/h7,9H,4-6,8H2,1-3H3/t7-/m0/s1. The summed E-state index contributed by atoms with van der Waals surface area (Å²) in [6.45, 7) is 5.10. The SMILES string of the molecule is CNCCN(C)C[C@H](C)N. The molecule has 1 atom stereocenters. The van der Waals surface area contributed by atoms with Crippen LogP contribution in [0.2, 0.25) is 0 Å². The van der Waals surface area contributed by atoms with E-state index in [-0.39, 0.29) is 6.04 Å². The summed E-state index contributed by atoms with van der Waals surface area (Å²) in [5.74, 6) is 0. The molecule has 0 heterocycles. The molecule has 0 saturated heterocycles. The number of hydrogen-bond donors (Lipinski definition) is 2. The predicted octanol–water partition coefficient (Wildman–Crippen LogP) is -0.515. The predicted molar refractivity (Wildman–Crippen MR) is 45.1 cm³/mol. The zero-order valence-corrected chi connectivity index (χ0v) is 7.22. The van der Waals surface area contributed by atoms with E-state index in [1.807, 2.05) is 14.0 Å². The van der Waals surface area contributed by atoms with Gasteiger partial charge in [-0.2, -0.15) is 0 Å². The van der Waals surface area contributed by atoms with E-state index in [2.05, 4.69) is 17.3 Å². The molecular formula is C7H19N3. The Kier molecular flexibility index (Phi) is 5.58. The van der Waals surface area contributed by atoms with Crippen LogP contribution < -0.4 is 11.1 Å². The summed E-state index contributed by atoms with van der Waals surface area (Å²) in [6, 6.07) is 0.279. The molecule has 0 saturated carbocycles. The summed E-state index contributed by atoms with van der Waals surface area (Å²) in [6.07, 6.45) is 0. The Hall–Kier alpha value is -0.120. The molecule has 3 nitrogen and oxygen atoms in total. The van der Waals surface area contributed by atoms with Crippen LogP contribution in [0.3, 0.4) is 0 Å². The average molecular weight is 145 g/mol. The van der Waals surface area contributed by atoms with Crippen molar-refractivity contribution in [3.63, 3.8) is 0 Å². The molecule has 0 aromatic carbocycles. The van der Waals surface area contributed by atoms with E-state index >= 15 is 0 Å². The topological polar surface area (TPSA) is 41.3 Å². The van der Waals surface area contributed by atoms with Crippen LogP contribution >= 0.6 is 0 Å². The Morgan fingerprint density at radius 3 is 2.60 bits per heavy atom. The maximum atomic E-state index is 5.60. The Balaban J connectivity index is 3.16. The van der Waals surface area contributed by atoms with Crippen molar-refractivity contribution >= 4 is 0 Å². The van der Waals surface area contributed by atoms with E-state index in [0.717, 1.165) is 19.6 Å². The van der Waals surface area contributed by atoms with Crippen LogP contribution in [0.1, 0.15) is 6.92 Å². The van der Waals surface area contributed by atoms with E-state index in [1.54, 1.807) is 0 Å². The molecule has 0 unspecified atom stereocenters. The molecule has 0 aliphatic carbocycles.